The zero-order valence-corrected chi connectivity index (χ0v) is 16.6. The van der Waals surface area contributed by atoms with Crippen molar-refractivity contribution in [3.05, 3.63) is 100 Å². The Hall–Kier alpha value is -3.97. The highest BCUT2D eigenvalue weighted by Gasteiger charge is 2.14. The Labute approximate surface area is 177 Å². The van der Waals surface area contributed by atoms with E-state index in [0.717, 1.165) is 21.3 Å². The first kappa shape index (κ1) is 19.4. The predicted molar refractivity (Wildman–Crippen MR) is 120 cm³/mol. The van der Waals surface area contributed by atoms with E-state index in [1.165, 1.54) is 11.3 Å². The number of nitrogens with zero attached hydrogens (tertiary/aromatic N) is 1. The molecule has 30 heavy (non-hydrogen) atoms. The topological polar surface area (TPSA) is 86.3 Å². The van der Waals surface area contributed by atoms with Gasteiger partial charge in [0.2, 0.25) is 0 Å². The van der Waals surface area contributed by atoms with Crippen LogP contribution in [0, 0.1) is 0 Å². The van der Waals surface area contributed by atoms with Gasteiger partial charge in [-0.05, 0) is 35.7 Å². The van der Waals surface area contributed by atoms with Crippen LogP contribution in [0.2, 0.25) is 0 Å². The number of hydrazone groups is 1. The van der Waals surface area contributed by atoms with Crippen molar-refractivity contribution in [3.63, 3.8) is 0 Å². The summed E-state index contributed by atoms with van der Waals surface area (Å²) in [6, 6.07) is 20.3. The second-order valence-corrected chi connectivity index (χ2v) is 7.36. The monoisotopic (exact) mass is 414 g/mol. The van der Waals surface area contributed by atoms with Crippen molar-refractivity contribution < 1.29 is 9.59 Å². The highest BCUT2D eigenvalue weighted by Crippen LogP contribution is 2.16. The molecule has 0 atom stereocenters. The van der Waals surface area contributed by atoms with E-state index in [1.54, 1.807) is 36.6 Å². The maximum Gasteiger partial charge on any atom is 0.287 e. The van der Waals surface area contributed by atoms with Crippen LogP contribution in [-0.2, 0) is 4.79 Å². The Kier molecular flexibility index (Phi) is 5.82. The molecular weight excluding hydrogens is 396 g/mol. The van der Waals surface area contributed by atoms with Gasteiger partial charge in [0.25, 0.3) is 11.8 Å². The SMILES string of the molecule is O=C(NN=Cc1c[nH]c2ccccc12)C(=Cc1cccs1)NC(=O)c1ccccc1. The minimum atomic E-state index is -0.510. The number of rotatable bonds is 6. The summed E-state index contributed by atoms with van der Waals surface area (Å²) in [5, 5.41) is 9.64. The maximum absolute atomic E-state index is 12.7. The van der Waals surface area contributed by atoms with Crippen LogP contribution in [0.3, 0.4) is 0 Å². The molecule has 0 bridgehead atoms. The van der Waals surface area contributed by atoms with Crippen molar-refractivity contribution >= 4 is 46.3 Å². The Morgan fingerprint density at radius 3 is 2.57 bits per heavy atom. The summed E-state index contributed by atoms with van der Waals surface area (Å²) >= 11 is 1.46. The minimum absolute atomic E-state index is 0.113. The number of aromatic amines is 1. The molecule has 0 fully saturated rings. The Morgan fingerprint density at radius 1 is 0.967 bits per heavy atom. The lowest BCUT2D eigenvalue weighted by atomic mass is 10.2. The molecular formula is C23H18N4O2S. The van der Waals surface area contributed by atoms with Crippen LogP contribution in [0.4, 0.5) is 0 Å². The molecule has 0 saturated carbocycles. The molecule has 0 spiro atoms. The molecule has 0 aliphatic rings. The van der Waals surface area contributed by atoms with Gasteiger partial charge in [-0.2, -0.15) is 5.10 Å². The van der Waals surface area contributed by atoms with Crippen LogP contribution >= 0.6 is 11.3 Å². The van der Waals surface area contributed by atoms with Crippen LogP contribution in [0.5, 0.6) is 0 Å². The number of aromatic nitrogens is 1. The molecule has 7 heteroatoms. The van der Waals surface area contributed by atoms with Crippen molar-refractivity contribution in [1.82, 2.24) is 15.7 Å². The van der Waals surface area contributed by atoms with E-state index in [2.05, 4.69) is 20.8 Å². The largest absolute Gasteiger partial charge is 0.361 e. The fourth-order valence-electron chi connectivity index (χ4n) is 2.88. The summed E-state index contributed by atoms with van der Waals surface area (Å²) in [5.41, 5.74) is 4.90. The lowest BCUT2D eigenvalue weighted by Crippen LogP contribution is -2.32. The lowest BCUT2D eigenvalue weighted by molar-refractivity contribution is -0.117. The first-order valence-electron chi connectivity index (χ1n) is 9.22. The van der Waals surface area contributed by atoms with Gasteiger partial charge in [0.1, 0.15) is 5.70 Å². The number of amides is 2. The number of nitrogens with one attached hydrogen (secondary N) is 3. The van der Waals surface area contributed by atoms with Gasteiger partial charge < -0.3 is 10.3 Å². The number of hydrogen-bond acceptors (Lipinski definition) is 4. The van der Waals surface area contributed by atoms with E-state index in [4.69, 9.17) is 0 Å². The third-order valence-corrected chi connectivity index (χ3v) is 5.17. The summed E-state index contributed by atoms with van der Waals surface area (Å²) in [4.78, 5) is 29.2. The van der Waals surface area contributed by atoms with Gasteiger partial charge in [-0.15, -0.1) is 11.3 Å². The molecule has 2 heterocycles. The van der Waals surface area contributed by atoms with E-state index in [-0.39, 0.29) is 11.6 Å². The van der Waals surface area contributed by atoms with Crippen LogP contribution in [0.15, 0.2) is 89.1 Å². The van der Waals surface area contributed by atoms with Crippen molar-refractivity contribution in [1.29, 1.82) is 0 Å². The van der Waals surface area contributed by atoms with Crippen LogP contribution in [0.25, 0.3) is 17.0 Å². The zero-order chi connectivity index (χ0) is 20.8. The van der Waals surface area contributed by atoms with E-state index < -0.39 is 5.91 Å². The number of hydrogen-bond donors (Lipinski definition) is 3. The Morgan fingerprint density at radius 2 is 1.77 bits per heavy atom. The number of carbonyl (C=O) groups excluding carboxylic acids is 2. The molecule has 0 aliphatic heterocycles. The highest BCUT2D eigenvalue weighted by atomic mass is 32.1. The molecule has 0 unspecified atom stereocenters. The summed E-state index contributed by atoms with van der Waals surface area (Å²) in [6.07, 6.45) is 5.01. The molecule has 2 aromatic carbocycles. The van der Waals surface area contributed by atoms with Crippen LogP contribution in [-0.4, -0.2) is 23.0 Å². The summed E-state index contributed by atoms with van der Waals surface area (Å²) in [7, 11) is 0. The highest BCUT2D eigenvalue weighted by molar-refractivity contribution is 7.10. The molecule has 3 N–H and O–H groups in total. The number of fused-ring (bicyclic) bond motifs is 1. The first-order chi connectivity index (χ1) is 14.7. The van der Waals surface area contributed by atoms with Gasteiger partial charge >= 0.3 is 0 Å². The van der Waals surface area contributed by atoms with Gasteiger partial charge in [-0.1, -0.05) is 42.5 Å². The summed E-state index contributed by atoms with van der Waals surface area (Å²) in [6.45, 7) is 0. The molecule has 2 aromatic heterocycles. The lowest BCUT2D eigenvalue weighted by Gasteiger charge is -2.08. The zero-order valence-electron chi connectivity index (χ0n) is 15.8. The predicted octanol–water partition coefficient (Wildman–Crippen LogP) is 4.15. The third kappa shape index (κ3) is 4.53. The van der Waals surface area contributed by atoms with E-state index in [0.29, 0.717) is 5.56 Å². The van der Waals surface area contributed by atoms with Crippen LogP contribution in [0.1, 0.15) is 20.8 Å². The normalized spacial score (nSPS) is 11.7. The average Bonchev–Trinajstić information content (AvgIpc) is 3.44. The molecule has 0 aliphatic carbocycles. The second kappa shape index (κ2) is 9.02. The number of para-hydroxylation sites is 1. The Balaban J connectivity index is 1.51. The van der Waals surface area contributed by atoms with Gasteiger partial charge in [-0.3, -0.25) is 9.59 Å². The molecule has 4 aromatic rings. The van der Waals surface area contributed by atoms with Gasteiger partial charge in [-0.25, -0.2) is 5.43 Å². The fourth-order valence-corrected chi connectivity index (χ4v) is 3.54. The van der Waals surface area contributed by atoms with Crippen molar-refractivity contribution in [2.45, 2.75) is 0 Å². The number of benzene rings is 2. The van der Waals surface area contributed by atoms with E-state index in [1.807, 2.05) is 54.0 Å². The van der Waals surface area contributed by atoms with Crippen molar-refractivity contribution in [2.24, 2.45) is 5.10 Å². The smallest absolute Gasteiger partial charge is 0.287 e. The number of thiophene rings is 1. The molecule has 6 nitrogen and oxygen atoms in total. The summed E-state index contributed by atoms with van der Waals surface area (Å²) < 4.78 is 0. The number of carbonyl (C=O) groups is 2. The minimum Gasteiger partial charge on any atom is -0.361 e. The third-order valence-electron chi connectivity index (χ3n) is 4.35. The maximum atomic E-state index is 12.7. The quantitative estimate of drug-likeness (QED) is 0.251. The Bertz CT molecular complexity index is 1220. The van der Waals surface area contributed by atoms with Gasteiger partial charge in [0.05, 0.1) is 6.21 Å². The van der Waals surface area contributed by atoms with Gasteiger partial charge in [0, 0.05) is 33.1 Å². The molecule has 148 valence electrons. The van der Waals surface area contributed by atoms with E-state index in [9.17, 15) is 9.59 Å². The number of H-pyrrole nitrogens is 1. The molecule has 0 saturated heterocycles. The van der Waals surface area contributed by atoms with E-state index >= 15 is 0 Å². The van der Waals surface area contributed by atoms with Crippen LogP contribution < -0.4 is 10.7 Å². The molecule has 2 amide bonds. The van der Waals surface area contributed by atoms with Crippen molar-refractivity contribution in [2.75, 3.05) is 0 Å². The standard InChI is InChI=1S/C23H18N4O2S/c28-22(16-7-2-1-3-8-16)26-21(13-18-9-6-12-30-18)23(29)27-25-15-17-14-24-20-11-5-4-10-19(17)20/h1-15,24H,(H,26,28)(H,27,29). The second-order valence-electron chi connectivity index (χ2n) is 6.38. The first-order valence-corrected chi connectivity index (χ1v) is 10.1. The molecule has 4 rings (SSSR count). The molecule has 0 radical (unpaired) electrons. The fraction of sp³-hybridized carbons (Fsp3) is 0. The average molecular weight is 414 g/mol. The van der Waals surface area contributed by atoms with Gasteiger partial charge in [0.15, 0.2) is 0 Å². The van der Waals surface area contributed by atoms with Crippen molar-refractivity contribution in [3.8, 4) is 0 Å². The summed E-state index contributed by atoms with van der Waals surface area (Å²) in [5.74, 6) is -0.877.